The van der Waals surface area contributed by atoms with E-state index in [0.29, 0.717) is 24.0 Å². The molecule has 1 N–H and O–H groups in total. The highest BCUT2D eigenvalue weighted by molar-refractivity contribution is 9.10. The number of fused-ring (bicyclic) bond motifs is 1. The van der Waals surface area contributed by atoms with Crippen LogP contribution in [0.2, 0.25) is 0 Å². The van der Waals surface area contributed by atoms with Crippen LogP contribution < -0.4 is 10.9 Å². The molecule has 3 rings (SSSR count). The Labute approximate surface area is 153 Å². The van der Waals surface area contributed by atoms with Gasteiger partial charge >= 0.3 is 0 Å². The SMILES string of the molecule is O=C(CCn1cnc2ccc(Br)cc2c1=O)NCCc1cccnc1. The van der Waals surface area contributed by atoms with E-state index in [4.69, 9.17) is 0 Å². The molecule has 2 aromatic heterocycles. The second kappa shape index (κ2) is 8.02. The molecule has 25 heavy (non-hydrogen) atoms. The number of aromatic nitrogens is 3. The molecule has 0 fully saturated rings. The van der Waals surface area contributed by atoms with Crippen molar-refractivity contribution in [3.63, 3.8) is 0 Å². The molecular weight excluding hydrogens is 384 g/mol. The third-order valence-corrected chi connectivity index (χ3v) is 4.32. The van der Waals surface area contributed by atoms with Gasteiger partial charge in [-0.3, -0.25) is 19.1 Å². The summed E-state index contributed by atoms with van der Waals surface area (Å²) in [4.78, 5) is 32.7. The lowest BCUT2D eigenvalue weighted by Gasteiger charge is -2.08. The molecule has 0 bridgehead atoms. The van der Waals surface area contributed by atoms with E-state index in [1.54, 1.807) is 24.5 Å². The van der Waals surface area contributed by atoms with Gasteiger partial charge in [0.05, 0.1) is 17.2 Å². The standard InChI is InChI=1S/C18H17BrN4O2/c19-14-3-4-16-15(10-14)18(25)23(12-22-16)9-6-17(24)21-8-5-13-2-1-7-20-11-13/h1-4,7,10-12H,5-6,8-9H2,(H,21,24). The van der Waals surface area contributed by atoms with Gasteiger partial charge in [-0.1, -0.05) is 22.0 Å². The number of amides is 1. The zero-order valence-electron chi connectivity index (χ0n) is 13.5. The van der Waals surface area contributed by atoms with Gasteiger partial charge in [-0.05, 0) is 36.2 Å². The number of hydrogen-bond donors (Lipinski definition) is 1. The monoisotopic (exact) mass is 400 g/mol. The summed E-state index contributed by atoms with van der Waals surface area (Å²) < 4.78 is 2.29. The molecule has 0 saturated carbocycles. The molecule has 7 heteroatoms. The Kier molecular flexibility index (Phi) is 5.55. The molecule has 1 amide bonds. The topological polar surface area (TPSA) is 76.9 Å². The third-order valence-electron chi connectivity index (χ3n) is 3.82. The minimum Gasteiger partial charge on any atom is -0.356 e. The summed E-state index contributed by atoms with van der Waals surface area (Å²) in [5, 5.41) is 3.39. The number of aryl methyl sites for hydroxylation is 1. The highest BCUT2D eigenvalue weighted by atomic mass is 79.9. The predicted molar refractivity (Wildman–Crippen MR) is 99.3 cm³/mol. The van der Waals surface area contributed by atoms with E-state index in [1.165, 1.54) is 10.9 Å². The first kappa shape index (κ1) is 17.3. The normalized spacial score (nSPS) is 10.8. The van der Waals surface area contributed by atoms with Crippen LogP contribution in [0.3, 0.4) is 0 Å². The van der Waals surface area contributed by atoms with Crippen molar-refractivity contribution in [3.05, 3.63) is 69.4 Å². The first-order chi connectivity index (χ1) is 12.1. The zero-order valence-corrected chi connectivity index (χ0v) is 15.1. The van der Waals surface area contributed by atoms with Crippen molar-refractivity contribution < 1.29 is 4.79 Å². The average molecular weight is 401 g/mol. The molecule has 0 saturated heterocycles. The van der Waals surface area contributed by atoms with Crippen LogP contribution in [-0.4, -0.2) is 27.0 Å². The van der Waals surface area contributed by atoms with Gasteiger partial charge in [-0.25, -0.2) is 4.98 Å². The highest BCUT2D eigenvalue weighted by Crippen LogP contribution is 2.14. The largest absolute Gasteiger partial charge is 0.356 e. The van der Waals surface area contributed by atoms with Crippen molar-refractivity contribution in [2.24, 2.45) is 0 Å². The van der Waals surface area contributed by atoms with E-state index in [-0.39, 0.29) is 17.9 Å². The van der Waals surface area contributed by atoms with Gasteiger partial charge in [-0.15, -0.1) is 0 Å². The van der Waals surface area contributed by atoms with E-state index in [1.807, 2.05) is 18.2 Å². The molecule has 0 radical (unpaired) electrons. The van der Waals surface area contributed by atoms with Crippen molar-refractivity contribution in [1.29, 1.82) is 0 Å². The first-order valence-corrected chi connectivity index (χ1v) is 8.73. The second-order valence-electron chi connectivity index (χ2n) is 5.62. The molecule has 6 nitrogen and oxygen atoms in total. The highest BCUT2D eigenvalue weighted by Gasteiger charge is 2.07. The van der Waals surface area contributed by atoms with Crippen LogP contribution in [0.4, 0.5) is 0 Å². The fourth-order valence-electron chi connectivity index (χ4n) is 2.49. The molecule has 2 heterocycles. The van der Waals surface area contributed by atoms with Gasteiger partial charge in [0.15, 0.2) is 0 Å². The van der Waals surface area contributed by atoms with Crippen LogP contribution in [-0.2, 0) is 17.8 Å². The summed E-state index contributed by atoms with van der Waals surface area (Å²) in [6.07, 6.45) is 5.95. The van der Waals surface area contributed by atoms with Crippen molar-refractivity contribution in [2.75, 3.05) is 6.54 Å². The Hall–Kier alpha value is -2.54. The van der Waals surface area contributed by atoms with Crippen LogP contribution in [0, 0.1) is 0 Å². The number of carbonyl (C=O) groups is 1. The third kappa shape index (κ3) is 4.51. The quantitative estimate of drug-likeness (QED) is 0.688. The van der Waals surface area contributed by atoms with Gasteiger partial charge in [0.2, 0.25) is 5.91 Å². The van der Waals surface area contributed by atoms with Crippen molar-refractivity contribution in [2.45, 2.75) is 19.4 Å². The number of halogens is 1. The molecule has 0 spiro atoms. The Balaban J connectivity index is 1.56. The Morgan fingerprint density at radius 1 is 1.28 bits per heavy atom. The predicted octanol–water partition coefficient (Wildman–Crippen LogP) is 2.30. The molecule has 0 aliphatic carbocycles. The molecule has 128 valence electrons. The maximum atomic E-state index is 12.5. The van der Waals surface area contributed by atoms with Crippen LogP contribution in [0.25, 0.3) is 10.9 Å². The minimum atomic E-state index is -0.144. The Bertz CT molecular complexity index is 941. The summed E-state index contributed by atoms with van der Waals surface area (Å²) in [5.41, 5.74) is 1.57. The summed E-state index contributed by atoms with van der Waals surface area (Å²) in [7, 11) is 0. The maximum Gasteiger partial charge on any atom is 0.261 e. The molecule has 0 aliphatic heterocycles. The number of benzene rings is 1. The van der Waals surface area contributed by atoms with E-state index >= 15 is 0 Å². The molecule has 0 aliphatic rings. The first-order valence-electron chi connectivity index (χ1n) is 7.94. The maximum absolute atomic E-state index is 12.5. The van der Waals surface area contributed by atoms with Crippen molar-refractivity contribution in [3.8, 4) is 0 Å². The van der Waals surface area contributed by atoms with Gasteiger partial charge in [0, 0.05) is 36.4 Å². The van der Waals surface area contributed by atoms with Gasteiger partial charge in [0.25, 0.3) is 5.56 Å². The number of nitrogens with one attached hydrogen (secondary N) is 1. The molecular formula is C18H17BrN4O2. The van der Waals surface area contributed by atoms with E-state index in [9.17, 15) is 9.59 Å². The van der Waals surface area contributed by atoms with Crippen LogP contribution in [0.5, 0.6) is 0 Å². The fraction of sp³-hybridized carbons (Fsp3) is 0.222. The molecule has 0 unspecified atom stereocenters. The summed E-state index contributed by atoms with van der Waals surface area (Å²) in [6, 6.07) is 9.21. The number of nitrogens with zero attached hydrogens (tertiary/aromatic N) is 3. The molecule has 1 aromatic carbocycles. The zero-order chi connectivity index (χ0) is 17.6. The summed E-state index contributed by atoms with van der Waals surface area (Å²) in [5.74, 6) is -0.0925. The van der Waals surface area contributed by atoms with Crippen LogP contribution in [0.1, 0.15) is 12.0 Å². The Morgan fingerprint density at radius 2 is 2.16 bits per heavy atom. The van der Waals surface area contributed by atoms with Crippen molar-refractivity contribution in [1.82, 2.24) is 19.9 Å². The van der Waals surface area contributed by atoms with E-state index < -0.39 is 0 Å². The van der Waals surface area contributed by atoms with Crippen LogP contribution in [0.15, 0.2) is 58.3 Å². The average Bonchev–Trinajstić information content (AvgIpc) is 2.62. The smallest absolute Gasteiger partial charge is 0.261 e. The molecule has 0 atom stereocenters. The Morgan fingerprint density at radius 3 is 2.96 bits per heavy atom. The van der Waals surface area contributed by atoms with Gasteiger partial charge < -0.3 is 5.32 Å². The number of pyridine rings is 1. The lowest BCUT2D eigenvalue weighted by atomic mass is 10.2. The van der Waals surface area contributed by atoms with Crippen molar-refractivity contribution >= 4 is 32.7 Å². The number of hydrogen-bond acceptors (Lipinski definition) is 4. The van der Waals surface area contributed by atoms with Crippen LogP contribution >= 0.6 is 15.9 Å². The van der Waals surface area contributed by atoms with Gasteiger partial charge in [0.1, 0.15) is 0 Å². The van der Waals surface area contributed by atoms with E-state index in [2.05, 4.69) is 31.2 Å². The lowest BCUT2D eigenvalue weighted by molar-refractivity contribution is -0.121. The van der Waals surface area contributed by atoms with Gasteiger partial charge in [-0.2, -0.15) is 0 Å². The minimum absolute atomic E-state index is 0.0925. The fourth-order valence-corrected chi connectivity index (χ4v) is 2.85. The number of carbonyl (C=O) groups excluding carboxylic acids is 1. The summed E-state index contributed by atoms with van der Waals surface area (Å²) >= 11 is 3.36. The second-order valence-corrected chi connectivity index (χ2v) is 6.53. The van der Waals surface area contributed by atoms with E-state index in [0.717, 1.165) is 16.5 Å². The number of rotatable bonds is 6. The lowest BCUT2D eigenvalue weighted by Crippen LogP contribution is -2.29. The molecule has 3 aromatic rings. The summed E-state index contributed by atoms with van der Waals surface area (Å²) in [6.45, 7) is 0.843.